The predicted octanol–water partition coefficient (Wildman–Crippen LogP) is 2.27. The largest absolute Gasteiger partial charge is 0.466 e. The number of hydrogen-bond donors (Lipinski definition) is 0. The van der Waals surface area contributed by atoms with Crippen LogP contribution in [0.4, 0.5) is 8.78 Å². The number of carbonyl (C=O) groups is 2. The predicted molar refractivity (Wildman–Crippen MR) is 90.8 cm³/mol. The summed E-state index contributed by atoms with van der Waals surface area (Å²) in [6.45, 7) is 4.79. The van der Waals surface area contributed by atoms with E-state index in [0.717, 1.165) is 19.2 Å². The van der Waals surface area contributed by atoms with Crippen LogP contribution < -0.4 is 4.74 Å². The molecule has 0 saturated heterocycles. The second-order valence-corrected chi connectivity index (χ2v) is 4.91. The zero-order valence-electron chi connectivity index (χ0n) is 15.7. The Morgan fingerprint density at radius 2 is 1.93 bits per heavy atom. The van der Waals surface area contributed by atoms with Crippen LogP contribution in [0.3, 0.4) is 0 Å². The zero-order chi connectivity index (χ0) is 20.6. The highest BCUT2D eigenvalue weighted by atomic mass is 19.1. The SMILES string of the molecule is CC.COC(=O)C(C)OC(=O)COc1nc(-c2ccc(F)cc2F)n(C)n1. The fourth-order valence-electron chi connectivity index (χ4n) is 1.90. The molecule has 8 nitrogen and oxygen atoms in total. The molecule has 0 saturated carbocycles. The molecule has 1 aromatic carbocycles. The molecule has 0 radical (unpaired) electrons. The number of halogens is 2. The van der Waals surface area contributed by atoms with Crippen molar-refractivity contribution < 1.29 is 32.6 Å². The smallest absolute Gasteiger partial charge is 0.346 e. The summed E-state index contributed by atoms with van der Waals surface area (Å²) in [5.74, 6) is -2.99. The highest BCUT2D eigenvalue weighted by Crippen LogP contribution is 2.23. The molecule has 0 aliphatic heterocycles. The maximum Gasteiger partial charge on any atom is 0.346 e. The first-order valence-corrected chi connectivity index (χ1v) is 8.08. The minimum atomic E-state index is -1.08. The number of methoxy groups -OCH3 is 1. The molecular weight excluding hydrogens is 364 g/mol. The van der Waals surface area contributed by atoms with E-state index >= 15 is 0 Å². The lowest BCUT2D eigenvalue weighted by atomic mass is 10.2. The van der Waals surface area contributed by atoms with Crippen molar-refractivity contribution in [2.45, 2.75) is 26.9 Å². The van der Waals surface area contributed by atoms with E-state index in [9.17, 15) is 18.4 Å². The second kappa shape index (κ2) is 10.2. The molecule has 0 N–H and O–H groups in total. The Morgan fingerprint density at radius 3 is 2.52 bits per heavy atom. The van der Waals surface area contributed by atoms with Crippen molar-refractivity contribution in [1.29, 1.82) is 0 Å². The van der Waals surface area contributed by atoms with Crippen LogP contribution in [0, 0.1) is 11.6 Å². The molecule has 0 aliphatic rings. The maximum atomic E-state index is 13.8. The molecule has 0 fully saturated rings. The van der Waals surface area contributed by atoms with E-state index in [1.165, 1.54) is 24.7 Å². The lowest BCUT2D eigenvalue weighted by Crippen LogP contribution is -2.28. The second-order valence-electron chi connectivity index (χ2n) is 4.91. The van der Waals surface area contributed by atoms with Crippen LogP contribution in [0.15, 0.2) is 18.2 Å². The standard InChI is InChI=1S/C15H15F2N3O5.C2H6/c1-8(14(22)23-3)25-12(21)7-24-15-18-13(20(2)19-15)10-5-4-9(16)6-11(10)17;1-2/h4-6,8H,7H2,1-3H3;1-2H3. The van der Waals surface area contributed by atoms with Crippen molar-refractivity contribution in [3.05, 3.63) is 29.8 Å². The van der Waals surface area contributed by atoms with Gasteiger partial charge in [0.05, 0.1) is 12.7 Å². The van der Waals surface area contributed by atoms with Crippen molar-refractivity contribution in [2.75, 3.05) is 13.7 Å². The quantitative estimate of drug-likeness (QED) is 0.704. The molecule has 148 valence electrons. The monoisotopic (exact) mass is 385 g/mol. The van der Waals surface area contributed by atoms with Crippen LogP contribution in [-0.2, 0) is 26.1 Å². The first-order chi connectivity index (χ1) is 12.8. The van der Waals surface area contributed by atoms with Gasteiger partial charge in [-0.25, -0.2) is 23.1 Å². The third-order valence-corrected chi connectivity index (χ3v) is 3.08. The Balaban J connectivity index is 0.00000176. The van der Waals surface area contributed by atoms with Crippen molar-refractivity contribution in [3.8, 4) is 17.4 Å². The molecule has 0 bridgehead atoms. The summed E-state index contributed by atoms with van der Waals surface area (Å²) in [4.78, 5) is 26.7. The minimum absolute atomic E-state index is 0.0214. The van der Waals surface area contributed by atoms with Crippen LogP contribution in [0.25, 0.3) is 11.4 Å². The van der Waals surface area contributed by atoms with Crippen molar-refractivity contribution in [2.24, 2.45) is 7.05 Å². The lowest BCUT2D eigenvalue weighted by molar-refractivity contribution is -0.165. The van der Waals surface area contributed by atoms with Gasteiger partial charge in [-0.3, -0.25) is 0 Å². The number of hydrogen-bond acceptors (Lipinski definition) is 7. The van der Waals surface area contributed by atoms with Crippen molar-refractivity contribution in [3.63, 3.8) is 0 Å². The summed E-state index contributed by atoms with van der Waals surface area (Å²) in [6.07, 6.45) is -1.08. The minimum Gasteiger partial charge on any atom is -0.466 e. The van der Waals surface area contributed by atoms with Gasteiger partial charge in [-0.2, -0.15) is 4.98 Å². The van der Waals surface area contributed by atoms with Crippen LogP contribution in [0.5, 0.6) is 6.01 Å². The number of aryl methyl sites for hydroxylation is 1. The van der Waals surface area contributed by atoms with Gasteiger partial charge in [0.1, 0.15) is 11.6 Å². The zero-order valence-corrected chi connectivity index (χ0v) is 15.7. The Hall–Kier alpha value is -3.04. The number of esters is 2. The molecule has 2 rings (SSSR count). The summed E-state index contributed by atoms with van der Waals surface area (Å²) in [5.41, 5.74) is 0.0214. The number of nitrogens with zero attached hydrogens (tertiary/aromatic N) is 3. The maximum absolute atomic E-state index is 13.8. The first-order valence-electron chi connectivity index (χ1n) is 8.08. The third-order valence-electron chi connectivity index (χ3n) is 3.08. The van der Waals surface area contributed by atoms with Gasteiger partial charge in [0.15, 0.2) is 18.5 Å². The summed E-state index contributed by atoms with van der Waals surface area (Å²) in [5, 5.41) is 3.88. The molecular formula is C17H21F2N3O5. The first kappa shape index (κ1) is 22.0. The van der Waals surface area contributed by atoms with E-state index in [-0.39, 0.29) is 17.4 Å². The molecule has 10 heteroatoms. The molecule has 0 aliphatic carbocycles. The van der Waals surface area contributed by atoms with E-state index in [2.05, 4.69) is 14.8 Å². The highest BCUT2D eigenvalue weighted by molar-refractivity contribution is 5.79. The molecule has 1 atom stereocenters. The highest BCUT2D eigenvalue weighted by Gasteiger charge is 2.20. The van der Waals surface area contributed by atoms with Crippen molar-refractivity contribution in [1.82, 2.24) is 14.8 Å². The molecule has 1 aromatic heterocycles. The Morgan fingerprint density at radius 1 is 1.26 bits per heavy atom. The van der Waals surface area contributed by atoms with Crippen molar-refractivity contribution >= 4 is 11.9 Å². The van der Waals surface area contributed by atoms with Gasteiger partial charge in [-0.05, 0) is 19.1 Å². The third kappa shape index (κ3) is 6.01. The van der Waals surface area contributed by atoms with Gasteiger partial charge in [-0.15, -0.1) is 5.10 Å². The molecule has 0 amide bonds. The normalized spacial score (nSPS) is 11.1. The molecule has 1 unspecified atom stereocenters. The fourth-order valence-corrected chi connectivity index (χ4v) is 1.90. The summed E-state index contributed by atoms with van der Waals surface area (Å²) < 4.78 is 42.3. The number of carbonyl (C=O) groups excluding carboxylic acids is 2. The Labute approximate surface area is 155 Å². The van der Waals surface area contributed by atoms with Crippen LogP contribution in [-0.4, -0.2) is 46.5 Å². The molecule has 0 spiro atoms. The van der Waals surface area contributed by atoms with Gasteiger partial charge < -0.3 is 14.2 Å². The van der Waals surface area contributed by atoms with Gasteiger partial charge in [0.25, 0.3) is 0 Å². The summed E-state index contributed by atoms with van der Waals surface area (Å²) >= 11 is 0. The molecule has 2 aromatic rings. The lowest BCUT2D eigenvalue weighted by Gasteiger charge is -2.10. The van der Waals surface area contributed by atoms with Crippen LogP contribution in [0.1, 0.15) is 20.8 Å². The topological polar surface area (TPSA) is 92.5 Å². The molecule has 27 heavy (non-hydrogen) atoms. The number of aromatic nitrogens is 3. The van der Waals surface area contributed by atoms with Crippen LogP contribution >= 0.6 is 0 Å². The number of ether oxygens (including phenoxy) is 3. The van der Waals surface area contributed by atoms with Gasteiger partial charge in [0, 0.05) is 13.1 Å². The van der Waals surface area contributed by atoms with E-state index in [1.54, 1.807) is 0 Å². The Bertz CT molecular complexity index is 795. The molecule has 1 heterocycles. The van der Waals surface area contributed by atoms with Gasteiger partial charge >= 0.3 is 17.9 Å². The van der Waals surface area contributed by atoms with E-state index in [4.69, 9.17) is 9.47 Å². The van der Waals surface area contributed by atoms with Gasteiger partial charge in [-0.1, -0.05) is 13.8 Å². The Kier molecular flexibility index (Phi) is 8.31. The fraction of sp³-hybridized carbons (Fsp3) is 0.412. The van der Waals surface area contributed by atoms with Crippen LogP contribution in [0.2, 0.25) is 0 Å². The van der Waals surface area contributed by atoms with E-state index in [1.807, 2.05) is 13.8 Å². The van der Waals surface area contributed by atoms with Gasteiger partial charge in [0.2, 0.25) is 0 Å². The number of rotatable bonds is 6. The number of benzene rings is 1. The average Bonchev–Trinajstić information content (AvgIpc) is 3.01. The van der Waals surface area contributed by atoms with E-state index < -0.39 is 36.3 Å². The summed E-state index contributed by atoms with van der Waals surface area (Å²) in [7, 11) is 2.65. The average molecular weight is 385 g/mol. The van der Waals surface area contributed by atoms with E-state index in [0.29, 0.717) is 0 Å². The summed E-state index contributed by atoms with van der Waals surface area (Å²) in [6, 6.07) is 2.81.